The van der Waals surface area contributed by atoms with Crippen molar-refractivity contribution in [1.82, 2.24) is 10.6 Å². The van der Waals surface area contributed by atoms with Crippen molar-refractivity contribution in [3.63, 3.8) is 0 Å². The van der Waals surface area contributed by atoms with Gasteiger partial charge in [0.05, 0.1) is 14.2 Å². The number of benzene rings is 1. The number of allylic oxidation sites excluding steroid dienone is 1. The van der Waals surface area contributed by atoms with E-state index in [4.69, 9.17) is 14.2 Å². The fraction of sp³-hybridized carbons (Fsp3) is 0.450. The molecule has 2 N–H and O–H groups in total. The Labute approximate surface area is 164 Å². The fourth-order valence-corrected chi connectivity index (χ4v) is 2.93. The summed E-state index contributed by atoms with van der Waals surface area (Å²) in [5.41, 5.74) is 1.41. The second-order valence-corrected chi connectivity index (χ2v) is 6.28. The van der Waals surface area contributed by atoms with E-state index in [1.807, 2.05) is 0 Å². The van der Waals surface area contributed by atoms with Crippen LogP contribution in [0.15, 0.2) is 29.8 Å². The van der Waals surface area contributed by atoms with Gasteiger partial charge in [-0.15, -0.1) is 0 Å². The lowest BCUT2D eigenvalue weighted by Crippen LogP contribution is -2.41. The molecule has 1 aliphatic rings. The second kappa shape index (κ2) is 11.0. The van der Waals surface area contributed by atoms with Crippen molar-refractivity contribution in [2.75, 3.05) is 27.4 Å². The number of nitrogens with one attached hydrogen (secondary N) is 2. The molecule has 8 heteroatoms. The summed E-state index contributed by atoms with van der Waals surface area (Å²) in [6.07, 6.45) is 7.52. The van der Waals surface area contributed by atoms with Crippen LogP contribution in [0.1, 0.15) is 42.5 Å². The lowest BCUT2D eigenvalue weighted by Gasteiger charge is -2.13. The lowest BCUT2D eigenvalue weighted by atomic mass is 9.97. The normalized spacial score (nSPS) is 13.1. The molecule has 0 spiro atoms. The van der Waals surface area contributed by atoms with Crippen LogP contribution in [-0.4, -0.2) is 45.3 Å². The van der Waals surface area contributed by atoms with Crippen LogP contribution in [0, 0.1) is 0 Å². The van der Waals surface area contributed by atoms with Gasteiger partial charge in [0, 0.05) is 6.54 Å². The highest BCUT2D eigenvalue weighted by molar-refractivity contribution is 5.99. The van der Waals surface area contributed by atoms with Crippen molar-refractivity contribution >= 4 is 17.9 Å². The van der Waals surface area contributed by atoms with E-state index >= 15 is 0 Å². The fourth-order valence-electron chi connectivity index (χ4n) is 2.93. The molecule has 0 saturated heterocycles. The molecular weight excluding hydrogens is 364 g/mol. The minimum atomic E-state index is -0.783. The van der Waals surface area contributed by atoms with E-state index in [0.717, 1.165) is 19.3 Å². The van der Waals surface area contributed by atoms with Gasteiger partial charge in [-0.2, -0.15) is 0 Å². The van der Waals surface area contributed by atoms with Crippen LogP contribution in [0.2, 0.25) is 0 Å². The Morgan fingerprint density at radius 3 is 2.39 bits per heavy atom. The quantitative estimate of drug-likeness (QED) is 0.522. The Hall–Kier alpha value is -3.03. The molecule has 0 atom stereocenters. The zero-order valence-corrected chi connectivity index (χ0v) is 16.2. The summed E-state index contributed by atoms with van der Waals surface area (Å²) in [6.45, 7) is -0.151. The standard InChI is InChI=1S/C20H26N2O6/c1-26-15-9-6-10-16(27-2)18(15)19(24)28-13-17(23)22-20(25)21-12-11-14-7-4-3-5-8-14/h6-7,9-10H,3-5,8,11-13H2,1-2H3,(H2,21,22,23,25). The Balaban J connectivity index is 1.76. The molecule has 0 unspecified atom stereocenters. The first-order valence-electron chi connectivity index (χ1n) is 9.19. The van der Waals surface area contributed by atoms with Crippen molar-refractivity contribution in [2.24, 2.45) is 0 Å². The molecule has 0 fully saturated rings. The summed E-state index contributed by atoms with van der Waals surface area (Å²) in [4.78, 5) is 35.9. The van der Waals surface area contributed by atoms with Gasteiger partial charge in [-0.3, -0.25) is 10.1 Å². The number of carbonyl (C=O) groups is 3. The van der Waals surface area contributed by atoms with Gasteiger partial charge in [0.25, 0.3) is 5.91 Å². The molecule has 0 bridgehead atoms. The number of methoxy groups -OCH3 is 2. The van der Waals surface area contributed by atoms with Gasteiger partial charge in [0.2, 0.25) is 0 Å². The van der Waals surface area contributed by atoms with Gasteiger partial charge in [0.1, 0.15) is 17.1 Å². The molecule has 0 aromatic heterocycles. The van der Waals surface area contributed by atoms with Gasteiger partial charge in [0.15, 0.2) is 6.61 Å². The average molecular weight is 390 g/mol. The van der Waals surface area contributed by atoms with E-state index in [1.54, 1.807) is 18.2 Å². The Morgan fingerprint density at radius 1 is 1.07 bits per heavy atom. The molecule has 0 heterocycles. The predicted molar refractivity (Wildman–Crippen MR) is 103 cm³/mol. The second-order valence-electron chi connectivity index (χ2n) is 6.28. The van der Waals surface area contributed by atoms with Crippen molar-refractivity contribution in [2.45, 2.75) is 32.1 Å². The number of imide groups is 1. The van der Waals surface area contributed by atoms with Crippen LogP contribution in [-0.2, 0) is 9.53 Å². The first kappa shape index (κ1) is 21.3. The molecule has 1 aliphatic carbocycles. The molecule has 0 saturated carbocycles. The van der Waals surface area contributed by atoms with E-state index in [1.165, 1.54) is 32.6 Å². The predicted octanol–water partition coefficient (Wildman–Crippen LogP) is 2.58. The van der Waals surface area contributed by atoms with Gasteiger partial charge < -0.3 is 19.5 Å². The van der Waals surface area contributed by atoms with Crippen molar-refractivity contribution in [1.29, 1.82) is 0 Å². The summed E-state index contributed by atoms with van der Waals surface area (Å²) in [5.74, 6) is -0.982. The van der Waals surface area contributed by atoms with E-state index in [-0.39, 0.29) is 17.1 Å². The summed E-state index contributed by atoms with van der Waals surface area (Å²) < 4.78 is 15.2. The lowest BCUT2D eigenvalue weighted by molar-refractivity contribution is -0.123. The van der Waals surface area contributed by atoms with Crippen LogP contribution < -0.4 is 20.1 Å². The third-order valence-electron chi connectivity index (χ3n) is 4.34. The number of hydrogen-bond acceptors (Lipinski definition) is 6. The van der Waals surface area contributed by atoms with Gasteiger partial charge in [-0.05, 0) is 44.2 Å². The minimum Gasteiger partial charge on any atom is -0.496 e. The highest BCUT2D eigenvalue weighted by Gasteiger charge is 2.21. The summed E-state index contributed by atoms with van der Waals surface area (Å²) >= 11 is 0. The molecule has 0 radical (unpaired) electrons. The molecular formula is C20H26N2O6. The van der Waals surface area contributed by atoms with Gasteiger partial charge >= 0.3 is 12.0 Å². The minimum absolute atomic E-state index is 0.0745. The first-order chi connectivity index (χ1) is 13.5. The zero-order valence-electron chi connectivity index (χ0n) is 16.2. The largest absolute Gasteiger partial charge is 0.496 e. The van der Waals surface area contributed by atoms with E-state index < -0.39 is 24.5 Å². The SMILES string of the molecule is COc1cccc(OC)c1C(=O)OCC(=O)NC(=O)NCCC1=CCCCC1. The van der Waals surface area contributed by atoms with E-state index in [0.29, 0.717) is 6.54 Å². The molecule has 1 aromatic carbocycles. The number of ether oxygens (including phenoxy) is 3. The Morgan fingerprint density at radius 2 is 1.79 bits per heavy atom. The maximum atomic E-state index is 12.3. The molecule has 0 aliphatic heterocycles. The van der Waals surface area contributed by atoms with Gasteiger partial charge in [-0.1, -0.05) is 17.7 Å². The Kier molecular flexibility index (Phi) is 8.33. The maximum absolute atomic E-state index is 12.3. The third kappa shape index (κ3) is 6.29. The first-order valence-corrected chi connectivity index (χ1v) is 9.19. The smallest absolute Gasteiger partial charge is 0.346 e. The summed E-state index contributed by atoms with van der Waals surface area (Å²) in [5, 5.41) is 4.76. The highest BCUT2D eigenvalue weighted by Crippen LogP contribution is 2.28. The third-order valence-corrected chi connectivity index (χ3v) is 4.34. The number of esters is 1. The van der Waals surface area contributed by atoms with E-state index in [9.17, 15) is 14.4 Å². The average Bonchev–Trinajstić information content (AvgIpc) is 2.72. The molecule has 1 aromatic rings. The van der Waals surface area contributed by atoms with Gasteiger partial charge in [-0.25, -0.2) is 9.59 Å². The zero-order chi connectivity index (χ0) is 20.4. The van der Waals surface area contributed by atoms with Crippen LogP contribution >= 0.6 is 0 Å². The van der Waals surface area contributed by atoms with Crippen molar-refractivity contribution in [3.05, 3.63) is 35.4 Å². The number of amides is 3. The van der Waals surface area contributed by atoms with Crippen LogP contribution in [0.3, 0.4) is 0 Å². The van der Waals surface area contributed by atoms with Crippen LogP contribution in [0.5, 0.6) is 11.5 Å². The number of hydrogen-bond donors (Lipinski definition) is 2. The van der Waals surface area contributed by atoms with Crippen molar-refractivity contribution in [3.8, 4) is 11.5 Å². The molecule has 28 heavy (non-hydrogen) atoms. The summed E-state index contributed by atoms with van der Waals surface area (Å²) in [6, 6.07) is 4.20. The molecule has 8 nitrogen and oxygen atoms in total. The number of rotatable bonds is 8. The van der Waals surface area contributed by atoms with Crippen molar-refractivity contribution < 1.29 is 28.6 Å². The van der Waals surface area contributed by atoms with Crippen LogP contribution in [0.25, 0.3) is 0 Å². The summed E-state index contributed by atoms with van der Waals surface area (Å²) in [7, 11) is 2.82. The maximum Gasteiger partial charge on any atom is 0.346 e. The Bertz CT molecular complexity index is 722. The topological polar surface area (TPSA) is 103 Å². The van der Waals surface area contributed by atoms with E-state index in [2.05, 4.69) is 16.7 Å². The number of carbonyl (C=O) groups excluding carboxylic acids is 3. The molecule has 3 amide bonds. The highest BCUT2D eigenvalue weighted by atomic mass is 16.5. The monoisotopic (exact) mass is 390 g/mol. The molecule has 2 rings (SSSR count). The molecule has 152 valence electrons. The van der Waals surface area contributed by atoms with Crippen LogP contribution in [0.4, 0.5) is 4.79 Å². The number of urea groups is 1.